The highest BCUT2D eigenvalue weighted by molar-refractivity contribution is 7.72. The van der Waals surface area contributed by atoms with Crippen molar-refractivity contribution in [3.05, 3.63) is 36.4 Å². The van der Waals surface area contributed by atoms with Crippen LogP contribution in [0.3, 0.4) is 0 Å². The summed E-state index contributed by atoms with van der Waals surface area (Å²) in [5, 5.41) is 0.834. The fourth-order valence-electron chi connectivity index (χ4n) is 3.21. The molecule has 0 bridgehead atoms. The van der Waals surface area contributed by atoms with Crippen LogP contribution >= 0.6 is 7.14 Å². The quantitative estimate of drug-likeness (QED) is 0.722. The van der Waals surface area contributed by atoms with Crippen LogP contribution in [0.15, 0.2) is 36.4 Å². The molecule has 3 rings (SSSR count). The fraction of sp³-hybridized carbons (Fsp3) is 0.368. The Morgan fingerprint density at radius 1 is 1.08 bits per heavy atom. The van der Waals surface area contributed by atoms with Gasteiger partial charge in [0.2, 0.25) is 0 Å². The smallest absolute Gasteiger partial charge is 0.155 e. The first-order valence-electron chi connectivity index (χ1n) is 8.20. The van der Waals surface area contributed by atoms with Crippen molar-refractivity contribution in [2.45, 2.75) is 19.8 Å². The molecule has 0 aliphatic carbocycles. The van der Waals surface area contributed by atoms with Crippen LogP contribution < -0.4 is 19.5 Å². The summed E-state index contributed by atoms with van der Waals surface area (Å²) < 4.78 is 30.4. The molecule has 2 aromatic rings. The maximum absolute atomic E-state index is 13.6. The van der Waals surface area contributed by atoms with Gasteiger partial charge in [0.1, 0.15) is 23.6 Å². The van der Waals surface area contributed by atoms with Gasteiger partial charge in [0.25, 0.3) is 0 Å². The van der Waals surface area contributed by atoms with Crippen LogP contribution in [0.5, 0.6) is 17.2 Å². The molecule has 2 aromatic carbocycles. The largest absolute Gasteiger partial charge is 0.496 e. The normalized spacial score (nSPS) is 18.8. The van der Waals surface area contributed by atoms with E-state index in [0.717, 1.165) is 35.0 Å². The Morgan fingerprint density at radius 2 is 1.75 bits per heavy atom. The first-order valence-corrected chi connectivity index (χ1v) is 10.3. The number of benzene rings is 2. The number of unbranched alkanes of at least 4 members (excludes halogenated alkanes) is 1. The number of methoxy groups -OCH3 is 2. The van der Waals surface area contributed by atoms with Crippen LogP contribution in [0.4, 0.5) is 0 Å². The topological polar surface area (TPSA) is 44.8 Å². The van der Waals surface area contributed by atoms with Crippen LogP contribution in [0.2, 0.25) is 0 Å². The molecular weight excluding hydrogens is 323 g/mol. The Morgan fingerprint density at radius 3 is 2.38 bits per heavy atom. The highest BCUT2D eigenvalue weighted by Crippen LogP contribution is 2.56. The van der Waals surface area contributed by atoms with E-state index in [2.05, 4.69) is 6.92 Å². The molecule has 128 valence electrons. The molecule has 0 N–H and O–H groups in total. The third kappa shape index (κ3) is 2.80. The third-order valence-corrected chi connectivity index (χ3v) is 7.27. The van der Waals surface area contributed by atoms with E-state index < -0.39 is 7.14 Å². The average Bonchev–Trinajstić information content (AvgIpc) is 2.97. The van der Waals surface area contributed by atoms with Gasteiger partial charge < -0.3 is 18.8 Å². The molecule has 1 heterocycles. The zero-order valence-corrected chi connectivity index (χ0v) is 15.3. The summed E-state index contributed by atoms with van der Waals surface area (Å²) in [6.45, 7) is 2.11. The number of hydrogen-bond acceptors (Lipinski definition) is 4. The molecule has 0 radical (unpaired) electrons. The molecule has 0 saturated carbocycles. The lowest BCUT2D eigenvalue weighted by Gasteiger charge is -2.18. The highest BCUT2D eigenvalue weighted by Gasteiger charge is 2.38. The Kier molecular flexibility index (Phi) is 4.86. The minimum atomic E-state index is -2.57. The van der Waals surface area contributed by atoms with Gasteiger partial charge in [0, 0.05) is 11.7 Å². The van der Waals surface area contributed by atoms with Crippen LogP contribution in [0.25, 0.3) is 11.1 Å². The summed E-state index contributed by atoms with van der Waals surface area (Å²) in [5.41, 5.74) is 1.72. The van der Waals surface area contributed by atoms with E-state index in [1.165, 1.54) is 0 Å². The number of fused-ring (bicyclic) bond motifs is 1. The average molecular weight is 346 g/mol. The summed E-state index contributed by atoms with van der Waals surface area (Å²) in [6.07, 6.45) is 2.90. The van der Waals surface area contributed by atoms with Crippen molar-refractivity contribution in [1.29, 1.82) is 0 Å². The molecule has 0 spiro atoms. The molecule has 4 nitrogen and oxygen atoms in total. The molecule has 0 amide bonds. The maximum Gasteiger partial charge on any atom is 0.155 e. The van der Waals surface area contributed by atoms with Gasteiger partial charge in [-0.2, -0.15) is 0 Å². The SMILES string of the molecule is CCCCP1(=O)COc2cccc(-c3c(OC)cccc3OC)c21. The van der Waals surface area contributed by atoms with E-state index in [4.69, 9.17) is 14.2 Å². The van der Waals surface area contributed by atoms with Crippen molar-refractivity contribution in [3.63, 3.8) is 0 Å². The Balaban J connectivity index is 2.23. The Labute approximate surface area is 143 Å². The third-order valence-electron chi connectivity index (χ3n) is 4.41. The van der Waals surface area contributed by atoms with Crippen LogP contribution in [-0.2, 0) is 4.57 Å². The summed E-state index contributed by atoms with van der Waals surface area (Å²) in [6, 6.07) is 11.5. The highest BCUT2D eigenvalue weighted by atomic mass is 31.2. The van der Waals surface area contributed by atoms with Gasteiger partial charge in [-0.05, 0) is 24.6 Å². The molecule has 5 heteroatoms. The van der Waals surface area contributed by atoms with Crippen LogP contribution in [0, 0.1) is 0 Å². The van der Waals surface area contributed by atoms with Gasteiger partial charge in [-0.3, -0.25) is 0 Å². The van der Waals surface area contributed by atoms with Crippen molar-refractivity contribution < 1.29 is 18.8 Å². The van der Waals surface area contributed by atoms with Gasteiger partial charge in [0.05, 0.1) is 25.1 Å². The molecule has 24 heavy (non-hydrogen) atoms. The summed E-state index contributed by atoms with van der Waals surface area (Å²) in [5.74, 6) is 2.13. The standard InChI is InChI=1S/C19H23O4P/c1-4-5-12-24(20)13-23-17-11-6-8-14(19(17)24)18-15(21-2)9-7-10-16(18)22-3/h6-11H,4-5,12-13H2,1-3H3. The first-order chi connectivity index (χ1) is 11.6. The zero-order chi connectivity index (χ0) is 17.2. The molecule has 1 atom stereocenters. The van der Waals surface area contributed by atoms with E-state index in [1.807, 2.05) is 36.4 Å². The van der Waals surface area contributed by atoms with Crippen molar-refractivity contribution in [1.82, 2.24) is 0 Å². The number of ether oxygens (including phenoxy) is 3. The monoisotopic (exact) mass is 346 g/mol. The molecule has 1 unspecified atom stereocenters. The predicted molar refractivity (Wildman–Crippen MR) is 97.5 cm³/mol. The molecule has 0 saturated heterocycles. The van der Waals surface area contributed by atoms with Gasteiger partial charge in [-0.1, -0.05) is 31.5 Å². The lowest BCUT2D eigenvalue weighted by Crippen LogP contribution is -2.09. The van der Waals surface area contributed by atoms with E-state index in [-0.39, 0.29) is 6.35 Å². The van der Waals surface area contributed by atoms with Gasteiger partial charge >= 0.3 is 0 Å². The van der Waals surface area contributed by atoms with Gasteiger partial charge in [-0.25, -0.2) is 0 Å². The second-order valence-corrected chi connectivity index (χ2v) is 8.86. The first kappa shape index (κ1) is 16.9. The van der Waals surface area contributed by atoms with Crippen molar-refractivity contribution in [2.75, 3.05) is 26.7 Å². The summed E-state index contributed by atoms with van der Waals surface area (Å²) in [4.78, 5) is 0. The van der Waals surface area contributed by atoms with Crippen molar-refractivity contribution in [3.8, 4) is 28.4 Å². The number of rotatable bonds is 6. The molecule has 1 aliphatic heterocycles. The zero-order valence-electron chi connectivity index (χ0n) is 14.4. The van der Waals surface area contributed by atoms with Crippen molar-refractivity contribution >= 4 is 12.4 Å². The second-order valence-electron chi connectivity index (χ2n) is 5.93. The van der Waals surface area contributed by atoms with E-state index in [0.29, 0.717) is 17.7 Å². The van der Waals surface area contributed by atoms with Gasteiger partial charge in [0.15, 0.2) is 7.14 Å². The van der Waals surface area contributed by atoms with Crippen LogP contribution in [-0.4, -0.2) is 26.7 Å². The molecule has 0 aromatic heterocycles. The lowest BCUT2D eigenvalue weighted by molar-refractivity contribution is 0.393. The summed E-state index contributed by atoms with van der Waals surface area (Å²) >= 11 is 0. The van der Waals surface area contributed by atoms with Crippen LogP contribution in [0.1, 0.15) is 19.8 Å². The second kappa shape index (κ2) is 6.90. The minimum Gasteiger partial charge on any atom is -0.496 e. The van der Waals surface area contributed by atoms with Crippen molar-refractivity contribution in [2.24, 2.45) is 0 Å². The fourth-order valence-corrected chi connectivity index (χ4v) is 6.03. The van der Waals surface area contributed by atoms with Gasteiger partial charge in [-0.15, -0.1) is 0 Å². The Hall–Kier alpha value is -1.93. The predicted octanol–water partition coefficient (Wildman–Crippen LogP) is 4.51. The lowest BCUT2D eigenvalue weighted by atomic mass is 10.0. The Bertz CT molecular complexity index is 763. The molecule has 0 fully saturated rings. The minimum absolute atomic E-state index is 0.289. The molecular formula is C19H23O4P. The number of hydrogen-bond donors (Lipinski definition) is 0. The maximum atomic E-state index is 13.6. The van der Waals surface area contributed by atoms with E-state index >= 15 is 0 Å². The summed E-state index contributed by atoms with van der Waals surface area (Å²) in [7, 11) is 0.693. The van der Waals surface area contributed by atoms with E-state index in [1.54, 1.807) is 14.2 Å². The van der Waals surface area contributed by atoms with E-state index in [9.17, 15) is 4.57 Å². The molecule has 1 aliphatic rings.